The highest BCUT2D eigenvalue weighted by atomic mass is 16.2. The molecule has 1 atom stereocenters. The van der Waals surface area contributed by atoms with Gasteiger partial charge in [-0.15, -0.1) is 0 Å². The van der Waals surface area contributed by atoms with Gasteiger partial charge in [0.25, 0.3) is 0 Å². The van der Waals surface area contributed by atoms with E-state index in [9.17, 15) is 4.79 Å². The van der Waals surface area contributed by atoms with E-state index in [1.807, 2.05) is 6.92 Å². The van der Waals surface area contributed by atoms with Crippen molar-refractivity contribution in [3.05, 3.63) is 24.5 Å². The van der Waals surface area contributed by atoms with Crippen molar-refractivity contribution in [3.8, 4) is 0 Å². The van der Waals surface area contributed by atoms with Crippen molar-refractivity contribution in [3.63, 3.8) is 0 Å². The first kappa shape index (κ1) is 9.67. The number of hydrogen-bond donors (Lipinski definition) is 2. The smallest absolute Gasteiger partial charge is 0.241 e. The minimum atomic E-state index is -0.444. The normalized spacial score (nSPS) is 12.2. The summed E-state index contributed by atoms with van der Waals surface area (Å²) in [6, 6.07) is 3.08. The van der Waals surface area contributed by atoms with E-state index in [0.717, 1.165) is 0 Å². The standard InChI is InChI=1S/C9H13N3O/c1-2-8(10)9(13)12-7-4-3-5-11-6-7/h3-6,8H,2,10H2,1H3,(H,12,13)/t8-/m0/s1. The molecule has 0 spiro atoms. The molecule has 4 heteroatoms. The molecule has 4 nitrogen and oxygen atoms in total. The monoisotopic (exact) mass is 179 g/mol. The van der Waals surface area contributed by atoms with E-state index in [2.05, 4.69) is 10.3 Å². The van der Waals surface area contributed by atoms with Gasteiger partial charge in [-0.3, -0.25) is 9.78 Å². The predicted molar refractivity (Wildman–Crippen MR) is 51.1 cm³/mol. The van der Waals surface area contributed by atoms with Crippen molar-refractivity contribution in [1.29, 1.82) is 0 Å². The van der Waals surface area contributed by atoms with Crippen molar-refractivity contribution in [2.75, 3.05) is 5.32 Å². The fourth-order valence-corrected chi connectivity index (χ4v) is 0.857. The van der Waals surface area contributed by atoms with E-state index in [0.29, 0.717) is 12.1 Å². The maximum Gasteiger partial charge on any atom is 0.241 e. The second-order valence-corrected chi connectivity index (χ2v) is 2.75. The summed E-state index contributed by atoms with van der Waals surface area (Å²) < 4.78 is 0. The number of anilines is 1. The van der Waals surface area contributed by atoms with Gasteiger partial charge in [0.15, 0.2) is 0 Å². The maximum atomic E-state index is 11.3. The third-order valence-electron chi connectivity index (χ3n) is 1.71. The zero-order valence-corrected chi connectivity index (χ0v) is 7.53. The van der Waals surface area contributed by atoms with Crippen LogP contribution in [0.15, 0.2) is 24.5 Å². The average Bonchev–Trinajstić information content (AvgIpc) is 2.18. The van der Waals surface area contributed by atoms with E-state index in [-0.39, 0.29) is 5.91 Å². The molecule has 1 aromatic rings. The van der Waals surface area contributed by atoms with Crippen LogP contribution in [-0.4, -0.2) is 16.9 Å². The summed E-state index contributed by atoms with van der Waals surface area (Å²) >= 11 is 0. The van der Waals surface area contributed by atoms with Gasteiger partial charge in [-0.1, -0.05) is 6.92 Å². The Morgan fingerprint density at radius 1 is 1.77 bits per heavy atom. The van der Waals surface area contributed by atoms with Crippen molar-refractivity contribution in [2.45, 2.75) is 19.4 Å². The first-order valence-electron chi connectivity index (χ1n) is 4.20. The number of carbonyl (C=O) groups excluding carboxylic acids is 1. The molecule has 0 saturated carbocycles. The minimum absolute atomic E-state index is 0.171. The van der Waals surface area contributed by atoms with Crippen LogP contribution >= 0.6 is 0 Å². The van der Waals surface area contributed by atoms with Crippen LogP contribution in [0.5, 0.6) is 0 Å². The molecule has 0 aliphatic heterocycles. The fourth-order valence-electron chi connectivity index (χ4n) is 0.857. The molecule has 13 heavy (non-hydrogen) atoms. The van der Waals surface area contributed by atoms with Gasteiger partial charge in [0.05, 0.1) is 17.9 Å². The van der Waals surface area contributed by atoms with Crippen LogP contribution in [0.3, 0.4) is 0 Å². The van der Waals surface area contributed by atoms with Crippen LogP contribution in [0.4, 0.5) is 5.69 Å². The second kappa shape index (κ2) is 4.57. The maximum absolute atomic E-state index is 11.3. The molecule has 0 aliphatic rings. The zero-order chi connectivity index (χ0) is 9.68. The van der Waals surface area contributed by atoms with Crippen LogP contribution in [-0.2, 0) is 4.79 Å². The van der Waals surface area contributed by atoms with Crippen LogP contribution in [0, 0.1) is 0 Å². The van der Waals surface area contributed by atoms with Crippen molar-refractivity contribution < 1.29 is 4.79 Å². The first-order valence-corrected chi connectivity index (χ1v) is 4.20. The molecule has 0 aliphatic carbocycles. The molecule has 1 amide bonds. The molecule has 0 aromatic carbocycles. The van der Waals surface area contributed by atoms with Gasteiger partial charge < -0.3 is 11.1 Å². The highest BCUT2D eigenvalue weighted by molar-refractivity contribution is 5.94. The average molecular weight is 179 g/mol. The molecular formula is C9H13N3O. The lowest BCUT2D eigenvalue weighted by molar-refractivity contribution is -0.117. The van der Waals surface area contributed by atoms with Crippen molar-refractivity contribution in [1.82, 2.24) is 4.98 Å². The van der Waals surface area contributed by atoms with Crippen LogP contribution in [0.2, 0.25) is 0 Å². The van der Waals surface area contributed by atoms with E-state index in [4.69, 9.17) is 5.73 Å². The lowest BCUT2D eigenvalue weighted by Crippen LogP contribution is -2.34. The number of nitrogens with two attached hydrogens (primary N) is 1. The number of carbonyl (C=O) groups is 1. The fraction of sp³-hybridized carbons (Fsp3) is 0.333. The van der Waals surface area contributed by atoms with E-state index in [1.54, 1.807) is 24.5 Å². The van der Waals surface area contributed by atoms with Crippen LogP contribution < -0.4 is 11.1 Å². The summed E-state index contributed by atoms with van der Waals surface area (Å²) in [5.74, 6) is -0.171. The Morgan fingerprint density at radius 2 is 2.54 bits per heavy atom. The summed E-state index contributed by atoms with van der Waals surface area (Å²) in [4.78, 5) is 15.1. The Bertz CT molecular complexity index is 273. The van der Waals surface area contributed by atoms with Crippen LogP contribution in [0.25, 0.3) is 0 Å². The minimum Gasteiger partial charge on any atom is -0.323 e. The highest BCUT2D eigenvalue weighted by Crippen LogP contribution is 2.03. The molecule has 0 fully saturated rings. The van der Waals surface area contributed by atoms with Gasteiger partial charge in [0.2, 0.25) is 5.91 Å². The molecule has 0 radical (unpaired) electrons. The van der Waals surface area contributed by atoms with E-state index < -0.39 is 6.04 Å². The summed E-state index contributed by atoms with van der Waals surface area (Å²) in [6.07, 6.45) is 3.86. The van der Waals surface area contributed by atoms with Gasteiger partial charge in [0, 0.05) is 6.20 Å². The van der Waals surface area contributed by atoms with Crippen molar-refractivity contribution in [2.24, 2.45) is 5.73 Å². The van der Waals surface area contributed by atoms with Gasteiger partial charge in [0.1, 0.15) is 0 Å². The van der Waals surface area contributed by atoms with Gasteiger partial charge in [-0.25, -0.2) is 0 Å². The number of pyridine rings is 1. The molecule has 70 valence electrons. The van der Waals surface area contributed by atoms with Crippen LogP contribution in [0.1, 0.15) is 13.3 Å². The lowest BCUT2D eigenvalue weighted by Gasteiger charge is -2.08. The lowest BCUT2D eigenvalue weighted by atomic mass is 10.2. The SMILES string of the molecule is CC[C@H](N)C(=O)Nc1cccnc1. The Hall–Kier alpha value is -1.42. The van der Waals surface area contributed by atoms with Gasteiger partial charge in [-0.05, 0) is 18.6 Å². The molecule has 1 heterocycles. The van der Waals surface area contributed by atoms with Gasteiger partial charge in [-0.2, -0.15) is 0 Å². The number of hydrogen-bond acceptors (Lipinski definition) is 3. The Labute approximate surface area is 77.2 Å². The quantitative estimate of drug-likeness (QED) is 0.719. The molecule has 1 aromatic heterocycles. The summed E-state index contributed by atoms with van der Waals surface area (Å²) in [5.41, 5.74) is 6.21. The van der Waals surface area contributed by atoms with E-state index in [1.165, 1.54) is 0 Å². The third kappa shape index (κ3) is 2.83. The molecule has 0 unspecified atom stereocenters. The Balaban J connectivity index is 2.55. The van der Waals surface area contributed by atoms with E-state index >= 15 is 0 Å². The predicted octanol–water partition coefficient (Wildman–Crippen LogP) is 0.757. The largest absolute Gasteiger partial charge is 0.323 e. The zero-order valence-electron chi connectivity index (χ0n) is 7.53. The highest BCUT2D eigenvalue weighted by Gasteiger charge is 2.10. The number of nitrogens with zero attached hydrogens (tertiary/aromatic N) is 1. The number of amides is 1. The molecule has 0 bridgehead atoms. The number of aromatic nitrogens is 1. The van der Waals surface area contributed by atoms with Gasteiger partial charge >= 0.3 is 0 Å². The molecular weight excluding hydrogens is 166 g/mol. The summed E-state index contributed by atoms with van der Waals surface area (Å²) in [7, 11) is 0. The molecule has 0 saturated heterocycles. The molecule has 1 rings (SSSR count). The topological polar surface area (TPSA) is 68.0 Å². The Kier molecular flexibility index (Phi) is 3.40. The number of rotatable bonds is 3. The third-order valence-corrected chi connectivity index (χ3v) is 1.71. The first-order chi connectivity index (χ1) is 6.24. The summed E-state index contributed by atoms with van der Waals surface area (Å²) in [6.45, 7) is 1.87. The second-order valence-electron chi connectivity index (χ2n) is 2.75. The van der Waals surface area contributed by atoms with Crippen molar-refractivity contribution >= 4 is 11.6 Å². The Morgan fingerprint density at radius 3 is 3.08 bits per heavy atom. The number of nitrogens with one attached hydrogen (secondary N) is 1. The summed E-state index contributed by atoms with van der Waals surface area (Å²) in [5, 5.41) is 2.67. The molecule has 3 N–H and O–H groups in total.